The van der Waals surface area contributed by atoms with Gasteiger partial charge in [-0.25, -0.2) is 8.78 Å². The van der Waals surface area contributed by atoms with E-state index < -0.39 is 35.6 Å². The lowest BCUT2D eigenvalue weighted by atomic mass is 9.78. The van der Waals surface area contributed by atoms with E-state index in [0.29, 0.717) is 6.42 Å². The maximum absolute atomic E-state index is 14.5. The molecule has 0 bridgehead atoms. The van der Waals surface area contributed by atoms with E-state index in [1.807, 2.05) is 41.5 Å². The highest BCUT2D eigenvalue weighted by Crippen LogP contribution is 2.37. The van der Waals surface area contributed by atoms with Crippen LogP contribution >= 0.6 is 0 Å². The molecule has 140 valence electrons. The smallest absolute Gasteiger partial charge is 0.490 e. The number of ether oxygens (including phenoxy) is 2. The second-order valence-electron chi connectivity index (χ2n) is 7.95. The first-order chi connectivity index (χ1) is 11.4. The van der Waals surface area contributed by atoms with E-state index in [1.54, 1.807) is 7.11 Å². The predicted molar refractivity (Wildman–Crippen MR) is 93.3 cm³/mol. The Morgan fingerprint density at radius 3 is 2.12 bits per heavy atom. The summed E-state index contributed by atoms with van der Waals surface area (Å²) in [7, 11) is 0.639. The van der Waals surface area contributed by atoms with Crippen molar-refractivity contribution in [1.29, 1.82) is 0 Å². The van der Waals surface area contributed by atoms with Crippen LogP contribution in [0.5, 0.6) is 5.75 Å². The standard InChI is InChI=1S/C18H27BF2O4/c1-16(2,22-7)8-9-23-15-11-13(20)12(10-14(15)21)19-24-17(3,4)18(5,6)25-19/h10-11H,8-9H2,1-7H3. The molecule has 25 heavy (non-hydrogen) atoms. The van der Waals surface area contributed by atoms with Crippen LogP contribution in [0.25, 0.3) is 0 Å². The molecule has 1 saturated heterocycles. The highest BCUT2D eigenvalue weighted by Gasteiger charge is 2.52. The molecule has 0 unspecified atom stereocenters. The van der Waals surface area contributed by atoms with Gasteiger partial charge in [-0.15, -0.1) is 0 Å². The molecule has 0 N–H and O–H groups in total. The van der Waals surface area contributed by atoms with Crippen molar-refractivity contribution in [2.75, 3.05) is 13.7 Å². The number of hydrogen-bond donors (Lipinski definition) is 0. The first-order valence-corrected chi connectivity index (χ1v) is 8.41. The van der Waals surface area contributed by atoms with Crippen molar-refractivity contribution >= 4 is 12.6 Å². The zero-order valence-corrected chi connectivity index (χ0v) is 16.0. The maximum atomic E-state index is 14.5. The third-order valence-corrected chi connectivity index (χ3v) is 5.07. The summed E-state index contributed by atoms with van der Waals surface area (Å²) in [5, 5.41) is 0. The Balaban J connectivity index is 2.13. The molecule has 4 nitrogen and oxygen atoms in total. The van der Waals surface area contributed by atoms with Gasteiger partial charge >= 0.3 is 7.12 Å². The van der Waals surface area contributed by atoms with Gasteiger partial charge in [0.05, 0.1) is 23.4 Å². The van der Waals surface area contributed by atoms with Gasteiger partial charge in [-0.3, -0.25) is 0 Å². The van der Waals surface area contributed by atoms with E-state index in [9.17, 15) is 8.78 Å². The minimum atomic E-state index is -0.957. The Labute approximate surface area is 148 Å². The molecule has 0 radical (unpaired) electrons. The summed E-state index contributed by atoms with van der Waals surface area (Å²) >= 11 is 0. The fraction of sp³-hybridized carbons (Fsp3) is 0.667. The van der Waals surface area contributed by atoms with Gasteiger partial charge in [0.15, 0.2) is 11.6 Å². The van der Waals surface area contributed by atoms with E-state index in [0.717, 1.165) is 12.1 Å². The van der Waals surface area contributed by atoms with Gasteiger partial charge in [-0.05, 0) is 47.6 Å². The number of hydrogen-bond acceptors (Lipinski definition) is 4. The summed E-state index contributed by atoms with van der Waals surface area (Å²) in [6.45, 7) is 11.4. The summed E-state index contributed by atoms with van der Waals surface area (Å²) in [5.41, 5.74) is -1.61. The van der Waals surface area contributed by atoms with Crippen molar-refractivity contribution in [1.82, 2.24) is 0 Å². The molecule has 1 aliphatic heterocycles. The average Bonchev–Trinajstić information content (AvgIpc) is 2.70. The molecule has 0 saturated carbocycles. The topological polar surface area (TPSA) is 36.9 Å². The predicted octanol–water partition coefficient (Wildman–Crippen LogP) is 3.46. The Kier molecular flexibility index (Phi) is 5.52. The molecule has 0 aromatic heterocycles. The van der Waals surface area contributed by atoms with Crippen LogP contribution in [0.15, 0.2) is 12.1 Å². The van der Waals surface area contributed by atoms with Gasteiger partial charge in [-0.1, -0.05) is 0 Å². The minimum absolute atomic E-state index is 0.0284. The zero-order chi connectivity index (χ0) is 19.0. The lowest BCUT2D eigenvalue weighted by Crippen LogP contribution is -2.41. The molecule has 1 aromatic carbocycles. The summed E-state index contributed by atoms with van der Waals surface area (Å²) in [6, 6.07) is 2.11. The van der Waals surface area contributed by atoms with Crippen molar-refractivity contribution in [2.24, 2.45) is 0 Å². The Morgan fingerprint density at radius 1 is 1.04 bits per heavy atom. The summed E-state index contributed by atoms with van der Waals surface area (Å²) in [5.74, 6) is -1.41. The number of methoxy groups -OCH3 is 1. The molecule has 1 aliphatic rings. The molecule has 1 aromatic rings. The van der Waals surface area contributed by atoms with Crippen molar-refractivity contribution in [3.63, 3.8) is 0 Å². The molecule has 1 heterocycles. The Hall–Kier alpha value is -1.18. The fourth-order valence-electron chi connectivity index (χ4n) is 2.31. The van der Waals surface area contributed by atoms with Crippen LogP contribution in [0.2, 0.25) is 0 Å². The monoisotopic (exact) mass is 356 g/mol. The van der Waals surface area contributed by atoms with E-state index in [4.69, 9.17) is 18.8 Å². The van der Waals surface area contributed by atoms with Crippen LogP contribution in [0.4, 0.5) is 8.78 Å². The van der Waals surface area contributed by atoms with E-state index in [-0.39, 0.29) is 17.8 Å². The van der Waals surface area contributed by atoms with Crippen LogP contribution < -0.4 is 10.2 Å². The van der Waals surface area contributed by atoms with Crippen LogP contribution in [-0.4, -0.2) is 37.6 Å². The summed E-state index contributed by atoms with van der Waals surface area (Å²) < 4.78 is 51.0. The fourth-order valence-corrected chi connectivity index (χ4v) is 2.31. The van der Waals surface area contributed by atoms with E-state index in [2.05, 4.69) is 0 Å². The molecule has 1 fully saturated rings. The molecular weight excluding hydrogens is 329 g/mol. The van der Waals surface area contributed by atoms with Crippen molar-refractivity contribution in [3.8, 4) is 5.75 Å². The zero-order valence-electron chi connectivity index (χ0n) is 16.0. The van der Waals surface area contributed by atoms with Crippen molar-refractivity contribution < 1.29 is 27.6 Å². The van der Waals surface area contributed by atoms with Gasteiger partial charge in [-0.2, -0.15) is 0 Å². The van der Waals surface area contributed by atoms with E-state index >= 15 is 0 Å². The number of halogens is 2. The molecule has 0 atom stereocenters. The normalized spacial score (nSPS) is 19.3. The summed E-state index contributed by atoms with van der Waals surface area (Å²) in [4.78, 5) is 0. The first-order valence-electron chi connectivity index (χ1n) is 8.41. The minimum Gasteiger partial charge on any atom is -0.490 e. The first kappa shape index (κ1) is 20.1. The second kappa shape index (κ2) is 6.85. The third-order valence-electron chi connectivity index (χ3n) is 5.07. The van der Waals surface area contributed by atoms with Crippen molar-refractivity contribution in [3.05, 3.63) is 23.8 Å². The Morgan fingerprint density at radius 2 is 1.60 bits per heavy atom. The number of benzene rings is 1. The molecule has 0 aliphatic carbocycles. The third kappa shape index (κ3) is 4.33. The van der Waals surface area contributed by atoms with Gasteiger partial charge < -0.3 is 18.8 Å². The molecule has 7 heteroatoms. The van der Waals surface area contributed by atoms with Crippen LogP contribution in [0.3, 0.4) is 0 Å². The van der Waals surface area contributed by atoms with Crippen LogP contribution in [0, 0.1) is 11.6 Å². The number of rotatable bonds is 6. The van der Waals surface area contributed by atoms with Gasteiger partial charge in [0, 0.05) is 25.1 Å². The molecule has 0 amide bonds. The van der Waals surface area contributed by atoms with Gasteiger partial charge in [0.1, 0.15) is 5.82 Å². The largest absolute Gasteiger partial charge is 0.497 e. The SMILES string of the molecule is COC(C)(C)CCOc1cc(F)c(B2OC(C)(C)C(C)(C)O2)cc1F. The van der Waals surface area contributed by atoms with Crippen molar-refractivity contribution in [2.45, 2.75) is 64.8 Å². The lowest BCUT2D eigenvalue weighted by Gasteiger charge is -2.32. The maximum Gasteiger partial charge on any atom is 0.497 e. The van der Waals surface area contributed by atoms with Crippen LogP contribution in [-0.2, 0) is 14.0 Å². The van der Waals surface area contributed by atoms with Gasteiger partial charge in [0.2, 0.25) is 0 Å². The lowest BCUT2D eigenvalue weighted by molar-refractivity contribution is 0.00512. The summed E-state index contributed by atoms with van der Waals surface area (Å²) in [6.07, 6.45) is 0.545. The molecule has 2 rings (SSSR count). The average molecular weight is 356 g/mol. The quantitative estimate of drug-likeness (QED) is 0.732. The highest BCUT2D eigenvalue weighted by atomic mass is 19.1. The Bertz CT molecular complexity index is 616. The molecule has 0 spiro atoms. The highest BCUT2D eigenvalue weighted by molar-refractivity contribution is 6.62. The van der Waals surface area contributed by atoms with Crippen LogP contribution in [0.1, 0.15) is 48.0 Å². The second-order valence-corrected chi connectivity index (χ2v) is 7.95. The van der Waals surface area contributed by atoms with E-state index in [1.165, 1.54) is 0 Å². The molecular formula is C18H27BF2O4. The van der Waals surface area contributed by atoms with Gasteiger partial charge in [0.25, 0.3) is 0 Å².